The first kappa shape index (κ1) is 30.0. The second kappa shape index (κ2) is 19.3. The lowest BCUT2D eigenvalue weighted by atomic mass is 10.0. The number of amides is 1. The van der Waals surface area contributed by atoms with Gasteiger partial charge in [-0.3, -0.25) is 14.3 Å². The minimum atomic E-state index is -3.62. The SMILES string of the molecule is O=C(O)CCCCCS(=O)(=O)NC(=O)CCCCCCCCCCCCCCCc1nnn[nH]1. The first-order chi connectivity index (χ1) is 16.4. The number of aryl methyl sites for hydroxylation is 1. The Morgan fingerprint density at radius 2 is 1.24 bits per heavy atom. The van der Waals surface area contributed by atoms with Crippen LogP contribution in [0.1, 0.15) is 121 Å². The summed E-state index contributed by atoms with van der Waals surface area (Å²) >= 11 is 0. The standard InChI is InChI=1S/C23H43N5O5S/c29-22(26-34(32,33)20-16-12-15-19-23(30)31)18-14-11-9-7-5-3-1-2-4-6-8-10-13-17-21-24-27-28-25-21/h1-20H2,(H,26,29)(H,30,31)(H,24,25,27,28). The number of aliphatic carboxylic acids is 1. The van der Waals surface area contributed by atoms with Crippen LogP contribution in [0.3, 0.4) is 0 Å². The predicted octanol–water partition coefficient (Wildman–Crippen LogP) is 4.29. The van der Waals surface area contributed by atoms with E-state index >= 15 is 0 Å². The van der Waals surface area contributed by atoms with Gasteiger partial charge in [0.15, 0.2) is 0 Å². The highest BCUT2D eigenvalue weighted by Crippen LogP contribution is 2.13. The molecular formula is C23H43N5O5S. The molecule has 1 aromatic heterocycles. The molecule has 11 heteroatoms. The molecule has 0 fully saturated rings. The van der Waals surface area contributed by atoms with E-state index in [0.29, 0.717) is 25.7 Å². The highest BCUT2D eigenvalue weighted by Gasteiger charge is 2.14. The maximum atomic E-state index is 11.9. The molecule has 196 valence electrons. The number of hydrogen-bond donors (Lipinski definition) is 3. The zero-order valence-electron chi connectivity index (χ0n) is 20.5. The molecule has 10 nitrogen and oxygen atoms in total. The minimum Gasteiger partial charge on any atom is -0.481 e. The molecule has 3 N–H and O–H groups in total. The van der Waals surface area contributed by atoms with Gasteiger partial charge in [-0.15, -0.1) is 5.10 Å². The summed E-state index contributed by atoms with van der Waals surface area (Å²) in [7, 11) is -3.62. The smallest absolute Gasteiger partial charge is 0.303 e. The third-order valence-corrected chi connectivity index (χ3v) is 7.14. The summed E-state index contributed by atoms with van der Waals surface area (Å²) < 4.78 is 25.9. The molecule has 34 heavy (non-hydrogen) atoms. The topological polar surface area (TPSA) is 155 Å². The maximum absolute atomic E-state index is 11.9. The summed E-state index contributed by atoms with van der Waals surface area (Å²) in [5, 5.41) is 22.4. The van der Waals surface area contributed by atoms with Gasteiger partial charge in [-0.25, -0.2) is 13.5 Å². The highest BCUT2D eigenvalue weighted by atomic mass is 32.2. The molecule has 0 spiro atoms. The lowest BCUT2D eigenvalue weighted by molar-refractivity contribution is -0.137. The van der Waals surface area contributed by atoms with Gasteiger partial charge >= 0.3 is 5.97 Å². The summed E-state index contributed by atoms with van der Waals surface area (Å²) in [6, 6.07) is 0. The van der Waals surface area contributed by atoms with Crippen LogP contribution < -0.4 is 4.72 Å². The number of carboxylic acid groups (broad SMARTS) is 1. The number of tetrazole rings is 1. The number of unbranched alkanes of at least 4 members (excludes halogenated alkanes) is 14. The molecule has 0 aliphatic rings. The van der Waals surface area contributed by atoms with Crippen molar-refractivity contribution < 1.29 is 23.1 Å². The van der Waals surface area contributed by atoms with Gasteiger partial charge in [-0.2, -0.15) is 0 Å². The van der Waals surface area contributed by atoms with E-state index in [9.17, 15) is 18.0 Å². The predicted molar refractivity (Wildman–Crippen MR) is 131 cm³/mol. The fourth-order valence-corrected chi connectivity index (χ4v) is 4.96. The van der Waals surface area contributed by atoms with Crippen LogP contribution in [0.25, 0.3) is 0 Å². The monoisotopic (exact) mass is 501 g/mol. The van der Waals surface area contributed by atoms with Crippen molar-refractivity contribution in [3.8, 4) is 0 Å². The van der Waals surface area contributed by atoms with E-state index in [0.717, 1.165) is 37.9 Å². The quantitative estimate of drug-likeness (QED) is 0.187. The molecule has 0 saturated carbocycles. The Hall–Kier alpha value is -2.04. The Morgan fingerprint density at radius 3 is 1.76 bits per heavy atom. The van der Waals surface area contributed by atoms with Gasteiger partial charge in [0, 0.05) is 19.3 Å². The zero-order chi connectivity index (χ0) is 24.9. The van der Waals surface area contributed by atoms with E-state index in [1.165, 1.54) is 51.4 Å². The van der Waals surface area contributed by atoms with Gasteiger partial charge in [0.05, 0.1) is 5.75 Å². The van der Waals surface area contributed by atoms with Crippen LogP contribution >= 0.6 is 0 Å². The number of rotatable bonds is 23. The van der Waals surface area contributed by atoms with E-state index in [1.807, 2.05) is 0 Å². The second-order valence-corrected chi connectivity index (χ2v) is 10.8. The molecule has 0 saturated heterocycles. The number of nitrogens with zero attached hydrogens (tertiary/aromatic N) is 3. The lowest BCUT2D eigenvalue weighted by Gasteiger charge is -2.07. The number of hydrogen-bond acceptors (Lipinski definition) is 7. The number of nitrogens with one attached hydrogen (secondary N) is 2. The average molecular weight is 502 g/mol. The van der Waals surface area contributed by atoms with Crippen LogP contribution in [0.4, 0.5) is 0 Å². The molecule has 0 unspecified atom stereocenters. The molecule has 1 rings (SSSR count). The van der Waals surface area contributed by atoms with Crippen molar-refractivity contribution in [1.29, 1.82) is 0 Å². The van der Waals surface area contributed by atoms with E-state index in [4.69, 9.17) is 5.11 Å². The molecule has 0 radical (unpaired) electrons. The van der Waals surface area contributed by atoms with Crippen molar-refractivity contribution in [3.63, 3.8) is 0 Å². The van der Waals surface area contributed by atoms with E-state index < -0.39 is 21.9 Å². The van der Waals surface area contributed by atoms with E-state index in [-0.39, 0.29) is 18.6 Å². The number of aromatic amines is 1. The van der Waals surface area contributed by atoms with Crippen molar-refractivity contribution >= 4 is 21.9 Å². The third-order valence-electron chi connectivity index (χ3n) is 5.78. The Balaban J connectivity index is 1.83. The van der Waals surface area contributed by atoms with Crippen LogP contribution in [0.15, 0.2) is 0 Å². The molecule has 0 bridgehead atoms. The molecular weight excluding hydrogens is 458 g/mol. The number of sulfonamides is 1. The van der Waals surface area contributed by atoms with Crippen molar-refractivity contribution in [3.05, 3.63) is 5.82 Å². The van der Waals surface area contributed by atoms with Crippen molar-refractivity contribution in [2.75, 3.05) is 5.75 Å². The molecule has 0 atom stereocenters. The summed E-state index contributed by atoms with van der Waals surface area (Å²) in [4.78, 5) is 22.3. The van der Waals surface area contributed by atoms with Crippen molar-refractivity contribution in [1.82, 2.24) is 25.3 Å². The Kier molecular flexibility index (Phi) is 17.0. The van der Waals surface area contributed by atoms with Crippen molar-refractivity contribution in [2.45, 2.75) is 122 Å². The maximum Gasteiger partial charge on any atom is 0.303 e. The number of H-pyrrole nitrogens is 1. The number of aromatic nitrogens is 4. The van der Waals surface area contributed by atoms with Gasteiger partial charge in [0.2, 0.25) is 15.9 Å². The van der Waals surface area contributed by atoms with Gasteiger partial charge in [-0.1, -0.05) is 77.0 Å². The van der Waals surface area contributed by atoms with Gasteiger partial charge < -0.3 is 5.11 Å². The summed E-state index contributed by atoms with van der Waals surface area (Å²) in [5.74, 6) is -0.595. The largest absolute Gasteiger partial charge is 0.481 e. The van der Waals surface area contributed by atoms with E-state index in [1.54, 1.807) is 0 Å². The van der Waals surface area contributed by atoms with Crippen LogP contribution in [-0.2, 0) is 26.0 Å². The second-order valence-electron chi connectivity index (χ2n) is 8.99. The third kappa shape index (κ3) is 18.4. The molecule has 0 aliphatic carbocycles. The normalized spacial score (nSPS) is 11.5. The first-order valence-electron chi connectivity index (χ1n) is 12.9. The summed E-state index contributed by atoms with van der Waals surface area (Å²) in [6.45, 7) is 0. The number of carbonyl (C=O) groups is 2. The Morgan fingerprint density at radius 1 is 0.735 bits per heavy atom. The molecule has 0 aliphatic heterocycles. The molecule has 1 heterocycles. The fourth-order valence-electron chi connectivity index (χ4n) is 3.83. The molecule has 0 aromatic carbocycles. The van der Waals surface area contributed by atoms with E-state index in [2.05, 4.69) is 25.3 Å². The molecule has 1 aromatic rings. The summed E-state index contributed by atoms with van der Waals surface area (Å²) in [5.41, 5.74) is 0. The van der Waals surface area contributed by atoms with Gasteiger partial charge in [0.25, 0.3) is 0 Å². The van der Waals surface area contributed by atoms with Crippen molar-refractivity contribution in [2.24, 2.45) is 0 Å². The van der Waals surface area contributed by atoms with Crippen LogP contribution in [0.5, 0.6) is 0 Å². The fraction of sp³-hybridized carbons (Fsp3) is 0.870. The Labute approximate surface area is 204 Å². The first-order valence-corrected chi connectivity index (χ1v) is 14.5. The highest BCUT2D eigenvalue weighted by molar-refractivity contribution is 7.90. The van der Waals surface area contributed by atoms with Crippen LogP contribution in [0.2, 0.25) is 0 Å². The van der Waals surface area contributed by atoms with Gasteiger partial charge in [-0.05, 0) is 36.1 Å². The Bertz CT molecular complexity index is 756. The van der Waals surface area contributed by atoms with Crippen LogP contribution in [0, 0.1) is 0 Å². The zero-order valence-corrected chi connectivity index (χ0v) is 21.3. The minimum absolute atomic E-state index is 0.0393. The lowest BCUT2D eigenvalue weighted by Crippen LogP contribution is -2.32. The number of carboxylic acids is 1. The average Bonchev–Trinajstić information content (AvgIpc) is 3.29. The van der Waals surface area contributed by atoms with Crippen LogP contribution in [-0.4, -0.2) is 51.8 Å². The summed E-state index contributed by atoms with van der Waals surface area (Å²) in [6.07, 6.45) is 17.6. The molecule has 1 amide bonds. The van der Waals surface area contributed by atoms with Gasteiger partial charge in [0.1, 0.15) is 5.82 Å². The number of carbonyl (C=O) groups excluding carboxylic acids is 1.